The van der Waals surface area contributed by atoms with Crippen molar-refractivity contribution >= 4 is 22.9 Å². The van der Waals surface area contributed by atoms with Crippen LogP contribution >= 0.6 is 11.3 Å². The van der Waals surface area contributed by atoms with Gasteiger partial charge in [0.2, 0.25) is 0 Å². The molecule has 5 heteroatoms. The molecular formula is C25H16O4S. The minimum atomic E-state index is -1.59. The molecule has 0 amide bonds. The van der Waals surface area contributed by atoms with Gasteiger partial charge in [-0.05, 0) is 0 Å². The lowest BCUT2D eigenvalue weighted by atomic mass is 9.75. The highest BCUT2D eigenvalue weighted by Crippen LogP contribution is 2.45. The smallest absolute Gasteiger partial charge is 0.189 e. The number of thiophene rings is 1. The second kappa shape index (κ2) is 7.91. The summed E-state index contributed by atoms with van der Waals surface area (Å²) in [5, 5.41) is 0. The van der Waals surface area contributed by atoms with Crippen molar-refractivity contribution in [3.05, 3.63) is 81.5 Å². The van der Waals surface area contributed by atoms with Gasteiger partial charge in [0.05, 0.1) is 0 Å². The molecule has 1 aliphatic rings. The molecule has 146 valence electrons. The van der Waals surface area contributed by atoms with E-state index in [4.69, 9.17) is 22.3 Å². The number of hydrogen-bond donors (Lipinski definition) is 0. The van der Waals surface area contributed by atoms with Gasteiger partial charge in [-0.15, -0.1) is 24.2 Å². The van der Waals surface area contributed by atoms with Gasteiger partial charge in [0.1, 0.15) is 23.0 Å². The summed E-state index contributed by atoms with van der Waals surface area (Å²) < 4.78 is 11.9. The topological polar surface area (TPSA) is 52.6 Å². The molecule has 0 saturated heterocycles. The SMILES string of the molecule is C#Cc1sc(C#C)c2c1OCC(C(=O)c1ccccc1)(C(=O)c1ccccc1)CO2. The van der Waals surface area contributed by atoms with E-state index < -0.39 is 5.41 Å². The molecule has 0 spiro atoms. The lowest BCUT2D eigenvalue weighted by molar-refractivity contribution is 0.0488. The summed E-state index contributed by atoms with van der Waals surface area (Å²) in [6, 6.07) is 17.3. The molecule has 2 aromatic carbocycles. The summed E-state index contributed by atoms with van der Waals surface area (Å²) in [6.45, 7) is -0.423. The average molecular weight is 412 g/mol. The van der Waals surface area contributed by atoms with Crippen LogP contribution in [0.5, 0.6) is 11.5 Å². The summed E-state index contributed by atoms with van der Waals surface area (Å²) in [6.07, 6.45) is 11.2. The largest absolute Gasteiger partial charge is 0.486 e. The average Bonchev–Trinajstić information content (AvgIpc) is 3.03. The van der Waals surface area contributed by atoms with E-state index in [1.807, 2.05) is 0 Å². The second-order valence-electron chi connectivity index (χ2n) is 6.76. The van der Waals surface area contributed by atoms with Crippen molar-refractivity contribution in [3.8, 4) is 36.2 Å². The molecule has 1 aromatic heterocycles. The van der Waals surface area contributed by atoms with E-state index in [-0.39, 0.29) is 24.8 Å². The predicted octanol–water partition coefficient (Wildman–Crippen LogP) is 4.23. The van der Waals surface area contributed by atoms with Crippen molar-refractivity contribution in [3.63, 3.8) is 0 Å². The van der Waals surface area contributed by atoms with Crippen molar-refractivity contribution in [1.29, 1.82) is 0 Å². The summed E-state index contributed by atoms with van der Waals surface area (Å²) in [5.41, 5.74) is -0.794. The Morgan fingerprint density at radius 3 is 1.53 bits per heavy atom. The third-order valence-electron chi connectivity index (χ3n) is 4.95. The fourth-order valence-electron chi connectivity index (χ4n) is 3.38. The van der Waals surface area contributed by atoms with Crippen LogP contribution < -0.4 is 9.47 Å². The lowest BCUT2D eigenvalue weighted by Gasteiger charge is -2.28. The van der Waals surface area contributed by atoms with E-state index in [1.165, 1.54) is 11.3 Å². The summed E-state index contributed by atoms with van der Waals surface area (Å²) in [7, 11) is 0. The van der Waals surface area contributed by atoms with E-state index in [0.29, 0.717) is 32.4 Å². The molecule has 4 rings (SSSR count). The Hall–Kier alpha value is -3.80. The number of rotatable bonds is 4. The van der Waals surface area contributed by atoms with Crippen molar-refractivity contribution < 1.29 is 19.1 Å². The highest BCUT2D eigenvalue weighted by atomic mass is 32.1. The molecular weight excluding hydrogens is 396 g/mol. The molecule has 0 saturated carbocycles. The van der Waals surface area contributed by atoms with Crippen LogP contribution in [0, 0.1) is 30.1 Å². The quantitative estimate of drug-likeness (QED) is 0.366. The fraction of sp³-hybridized carbons (Fsp3) is 0.120. The van der Waals surface area contributed by atoms with Gasteiger partial charge >= 0.3 is 0 Å². The minimum absolute atomic E-state index is 0.211. The zero-order valence-corrected chi connectivity index (χ0v) is 16.7. The maximum atomic E-state index is 13.6. The van der Waals surface area contributed by atoms with Crippen LogP contribution in [-0.2, 0) is 0 Å². The molecule has 1 aliphatic heterocycles. The number of Topliss-reactive ketones (excluding diaryl/α,β-unsaturated/α-hetero) is 2. The van der Waals surface area contributed by atoms with Crippen molar-refractivity contribution in [1.82, 2.24) is 0 Å². The Morgan fingerprint density at radius 1 is 0.767 bits per heavy atom. The first-order chi connectivity index (χ1) is 14.6. The van der Waals surface area contributed by atoms with Crippen molar-refractivity contribution in [2.24, 2.45) is 5.41 Å². The van der Waals surface area contributed by atoms with E-state index in [0.717, 1.165) is 0 Å². The van der Waals surface area contributed by atoms with Crippen LogP contribution in [0.2, 0.25) is 0 Å². The molecule has 0 unspecified atom stereocenters. The van der Waals surface area contributed by atoms with Gasteiger partial charge in [-0.3, -0.25) is 9.59 Å². The van der Waals surface area contributed by atoms with Gasteiger partial charge in [0.25, 0.3) is 0 Å². The molecule has 0 aliphatic carbocycles. The Labute approximate surface area is 178 Å². The maximum absolute atomic E-state index is 13.6. The van der Waals surface area contributed by atoms with E-state index >= 15 is 0 Å². The molecule has 0 radical (unpaired) electrons. The van der Waals surface area contributed by atoms with Crippen molar-refractivity contribution in [2.45, 2.75) is 0 Å². The third-order valence-corrected chi connectivity index (χ3v) is 5.97. The number of fused-ring (bicyclic) bond motifs is 1. The van der Waals surface area contributed by atoms with Gasteiger partial charge in [0.15, 0.2) is 28.5 Å². The van der Waals surface area contributed by atoms with Gasteiger partial charge in [0, 0.05) is 11.1 Å². The molecule has 4 nitrogen and oxygen atoms in total. The summed E-state index contributed by atoms with van der Waals surface area (Å²) in [5.74, 6) is 4.92. The molecule has 3 aromatic rings. The van der Waals surface area contributed by atoms with Crippen LogP contribution in [0.1, 0.15) is 30.5 Å². The predicted molar refractivity (Wildman–Crippen MR) is 115 cm³/mol. The summed E-state index contributed by atoms with van der Waals surface area (Å²) in [4.78, 5) is 28.2. The Morgan fingerprint density at radius 2 is 1.17 bits per heavy atom. The maximum Gasteiger partial charge on any atom is 0.189 e. The Balaban J connectivity index is 1.82. The van der Waals surface area contributed by atoms with E-state index in [9.17, 15) is 9.59 Å². The monoisotopic (exact) mass is 412 g/mol. The number of hydrogen-bond acceptors (Lipinski definition) is 5. The van der Waals surface area contributed by atoms with E-state index in [2.05, 4.69) is 11.8 Å². The van der Waals surface area contributed by atoms with Gasteiger partial charge in [-0.1, -0.05) is 72.5 Å². The molecule has 30 heavy (non-hydrogen) atoms. The standard InChI is InChI=1S/C25H16O4S/c1-3-19-21-22(20(4-2)30-19)29-16-25(15-28-21,23(26)17-11-7-5-8-12-17)24(27)18-13-9-6-10-14-18/h1-2,5-14H,15-16H2. The highest BCUT2D eigenvalue weighted by molar-refractivity contribution is 7.13. The van der Waals surface area contributed by atoms with Crippen LogP contribution in [-0.4, -0.2) is 24.8 Å². The van der Waals surface area contributed by atoms with Crippen molar-refractivity contribution in [2.75, 3.05) is 13.2 Å². The molecule has 2 heterocycles. The molecule has 0 atom stereocenters. The van der Waals surface area contributed by atoms with Crippen LogP contribution in [0.15, 0.2) is 60.7 Å². The van der Waals surface area contributed by atoms with Gasteiger partial charge in [-0.2, -0.15) is 0 Å². The number of ether oxygens (including phenoxy) is 2. The number of carbonyl (C=O) groups excluding carboxylic acids is 2. The second-order valence-corrected chi connectivity index (χ2v) is 7.78. The molecule has 0 bridgehead atoms. The highest BCUT2D eigenvalue weighted by Gasteiger charge is 2.50. The summed E-state index contributed by atoms with van der Waals surface area (Å²) >= 11 is 1.20. The van der Waals surface area contributed by atoms with Crippen LogP contribution in [0.25, 0.3) is 0 Å². The molecule has 0 N–H and O–H groups in total. The minimum Gasteiger partial charge on any atom is -0.486 e. The zero-order chi connectivity index (χ0) is 21.1. The number of benzene rings is 2. The first kappa shape index (κ1) is 19.5. The third kappa shape index (κ3) is 3.16. The number of terminal acetylenes is 2. The zero-order valence-electron chi connectivity index (χ0n) is 15.9. The lowest BCUT2D eigenvalue weighted by Crippen LogP contribution is -2.48. The normalized spacial score (nSPS) is 14.1. The Kier molecular flexibility index (Phi) is 5.14. The Bertz CT molecular complexity index is 1100. The fourth-order valence-corrected chi connectivity index (χ4v) is 4.19. The van der Waals surface area contributed by atoms with Gasteiger partial charge < -0.3 is 9.47 Å². The number of ketones is 2. The van der Waals surface area contributed by atoms with E-state index in [1.54, 1.807) is 60.7 Å². The first-order valence-corrected chi connectivity index (χ1v) is 9.97. The number of carbonyl (C=O) groups is 2. The van der Waals surface area contributed by atoms with Crippen LogP contribution in [0.3, 0.4) is 0 Å². The first-order valence-electron chi connectivity index (χ1n) is 9.16. The molecule has 0 fully saturated rings. The van der Waals surface area contributed by atoms with Crippen LogP contribution in [0.4, 0.5) is 0 Å². The van der Waals surface area contributed by atoms with Gasteiger partial charge in [-0.25, -0.2) is 0 Å².